The maximum Gasteiger partial charge on any atom is 0.263 e. The topological polar surface area (TPSA) is 55.6 Å². The van der Waals surface area contributed by atoms with Gasteiger partial charge in [-0.05, 0) is 51.3 Å². The third-order valence-corrected chi connectivity index (χ3v) is 4.25. The van der Waals surface area contributed by atoms with Gasteiger partial charge in [0.25, 0.3) is 5.91 Å². The van der Waals surface area contributed by atoms with Gasteiger partial charge in [0.1, 0.15) is 5.75 Å². The Labute approximate surface area is 131 Å². The zero-order valence-corrected chi connectivity index (χ0v) is 13.6. The molecule has 2 N–H and O–H groups in total. The van der Waals surface area contributed by atoms with Crippen molar-refractivity contribution in [3.05, 3.63) is 28.8 Å². The van der Waals surface area contributed by atoms with Gasteiger partial charge >= 0.3 is 0 Å². The van der Waals surface area contributed by atoms with Gasteiger partial charge in [0.05, 0.1) is 5.02 Å². The van der Waals surface area contributed by atoms with E-state index in [9.17, 15) is 4.79 Å². The van der Waals surface area contributed by atoms with Crippen LogP contribution in [0.4, 0.5) is 0 Å². The average molecular weight is 311 g/mol. The van der Waals surface area contributed by atoms with Crippen LogP contribution in [0.5, 0.6) is 5.75 Å². The Morgan fingerprint density at radius 1 is 1.52 bits per heavy atom. The second-order valence-corrected chi connectivity index (χ2v) is 6.27. The van der Waals surface area contributed by atoms with Crippen molar-refractivity contribution in [1.82, 2.24) is 4.90 Å². The fourth-order valence-corrected chi connectivity index (χ4v) is 2.87. The lowest BCUT2D eigenvalue weighted by Gasteiger charge is -2.37. The summed E-state index contributed by atoms with van der Waals surface area (Å²) in [7, 11) is 0. The smallest absolute Gasteiger partial charge is 0.263 e. The van der Waals surface area contributed by atoms with Gasteiger partial charge in [-0.25, -0.2) is 0 Å². The number of ether oxygens (including phenoxy) is 1. The van der Waals surface area contributed by atoms with Crippen LogP contribution in [0.15, 0.2) is 18.2 Å². The fourth-order valence-electron chi connectivity index (χ4n) is 2.71. The molecule has 0 aromatic heterocycles. The van der Waals surface area contributed by atoms with Crippen LogP contribution in [0.25, 0.3) is 0 Å². The molecule has 116 valence electrons. The Morgan fingerprint density at radius 2 is 2.24 bits per heavy atom. The van der Waals surface area contributed by atoms with Gasteiger partial charge in [0.2, 0.25) is 0 Å². The first kappa shape index (κ1) is 16.1. The predicted octanol–water partition coefficient (Wildman–Crippen LogP) is 2.75. The second kappa shape index (κ2) is 6.67. The molecule has 1 aliphatic rings. The maximum atomic E-state index is 12.5. The molecular formula is C16H23ClN2O2. The summed E-state index contributed by atoms with van der Waals surface area (Å²) >= 11 is 6.11. The predicted molar refractivity (Wildman–Crippen MR) is 84.7 cm³/mol. The highest BCUT2D eigenvalue weighted by molar-refractivity contribution is 6.32. The van der Waals surface area contributed by atoms with Gasteiger partial charge < -0.3 is 15.4 Å². The number of rotatable bonds is 3. The normalized spacial score (nSPS) is 23.8. The highest BCUT2D eigenvalue weighted by atomic mass is 35.5. The third-order valence-electron chi connectivity index (χ3n) is 3.94. The van der Waals surface area contributed by atoms with Crippen molar-refractivity contribution in [2.24, 2.45) is 5.73 Å². The van der Waals surface area contributed by atoms with Crippen molar-refractivity contribution >= 4 is 17.5 Å². The summed E-state index contributed by atoms with van der Waals surface area (Å²) in [5, 5.41) is 0.522. The van der Waals surface area contributed by atoms with Crippen molar-refractivity contribution in [2.45, 2.75) is 51.8 Å². The number of hydrogen-bond acceptors (Lipinski definition) is 3. The summed E-state index contributed by atoms with van der Waals surface area (Å²) in [6.07, 6.45) is 1.12. The number of benzene rings is 1. The molecule has 5 heteroatoms. The first-order chi connectivity index (χ1) is 9.88. The molecule has 3 atom stereocenters. The zero-order valence-electron chi connectivity index (χ0n) is 12.8. The lowest BCUT2D eigenvalue weighted by atomic mass is 9.98. The quantitative estimate of drug-likeness (QED) is 0.934. The minimum Gasteiger partial charge on any atom is -0.479 e. The van der Waals surface area contributed by atoms with Crippen LogP contribution in [0.3, 0.4) is 0 Å². The standard InChI is InChI=1S/C16H23ClN2O2/c1-10-4-5-14(17)15(8-10)21-12(3)16(20)19-7-6-13(18)9-11(19)2/h4-5,8,11-13H,6-7,9,18H2,1-3H3/t11-,12-,13-/m1/s1. The number of hydrogen-bond donors (Lipinski definition) is 1. The molecule has 4 nitrogen and oxygen atoms in total. The van der Waals surface area contributed by atoms with Crippen LogP contribution < -0.4 is 10.5 Å². The summed E-state index contributed by atoms with van der Waals surface area (Å²) in [5.74, 6) is 0.547. The number of nitrogens with two attached hydrogens (primary N) is 1. The molecule has 0 bridgehead atoms. The molecule has 1 aliphatic heterocycles. The molecule has 1 aromatic rings. The molecule has 0 unspecified atom stereocenters. The number of aryl methyl sites for hydroxylation is 1. The van der Waals surface area contributed by atoms with Crippen LogP contribution in [-0.4, -0.2) is 35.5 Å². The molecule has 21 heavy (non-hydrogen) atoms. The van der Waals surface area contributed by atoms with E-state index in [1.807, 2.05) is 30.9 Å². The van der Waals surface area contributed by atoms with Gasteiger partial charge in [0.15, 0.2) is 6.10 Å². The van der Waals surface area contributed by atoms with Crippen LogP contribution >= 0.6 is 11.6 Å². The molecule has 1 amide bonds. The monoisotopic (exact) mass is 310 g/mol. The minimum absolute atomic E-state index is 0.00743. The van der Waals surface area contributed by atoms with Crippen LogP contribution in [0, 0.1) is 6.92 Å². The van der Waals surface area contributed by atoms with Crippen molar-refractivity contribution < 1.29 is 9.53 Å². The summed E-state index contributed by atoms with van der Waals surface area (Å²) in [5.41, 5.74) is 6.98. The van der Waals surface area contributed by atoms with E-state index in [0.717, 1.165) is 18.4 Å². The largest absolute Gasteiger partial charge is 0.479 e. The Hall–Kier alpha value is -1.26. The van der Waals surface area contributed by atoms with E-state index in [2.05, 4.69) is 0 Å². The number of likely N-dealkylation sites (tertiary alicyclic amines) is 1. The van der Waals surface area contributed by atoms with Crippen molar-refractivity contribution in [3.63, 3.8) is 0 Å². The Balaban J connectivity index is 2.04. The molecule has 0 spiro atoms. The Bertz CT molecular complexity index is 521. The Morgan fingerprint density at radius 3 is 2.90 bits per heavy atom. The van der Waals surface area contributed by atoms with Gasteiger partial charge in [-0.15, -0.1) is 0 Å². The Kier molecular flexibility index (Phi) is 5.12. The number of carbonyl (C=O) groups is 1. The number of amides is 1. The molecule has 2 rings (SSSR count). The number of piperidine rings is 1. The van der Waals surface area contributed by atoms with Gasteiger partial charge in [-0.3, -0.25) is 4.79 Å². The summed E-state index contributed by atoms with van der Waals surface area (Å²) in [4.78, 5) is 14.4. The van der Waals surface area contributed by atoms with E-state index in [1.54, 1.807) is 13.0 Å². The average Bonchev–Trinajstić information content (AvgIpc) is 2.42. The van der Waals surface area contributed by atoms with E-state index in [-0.39, 0.29) is 18.0 Å². The van der Waals surface area contributed by atoms with Crippen LogP contribution in [0.2, 0.25) is 5.02 Å². The molecule has 0 aliphatic carbocycles. The van der Waals surface area contributed by atoms with Crippen molar-refractivity contribution in [1.29, 1.82) is 0 Å². The lowest BCUT2D eigenvalue weighted by Crippen LogP contribution is -2.51. The second-order valence-electron chi connectivity index (χ2n) is 5.86. The maximum absolute atomic E-state index is 12.5. The fraction of sp³-hybridized carbons (Fsp3) is 0.562. The summed E-state index contributed by atoms with van der Waals surface area (Å²) in [6.45, 7) is 6.45. The summed E-state index contributed by atoms with van der Waals surface area (Å²) < 4.78 is 5.76. The van der Waals surface area contributed by atoms with Crippen LogP contribution in [0.1, 0.15) is 32.3 Å². The van der Waals surface area contributed by atoms with Gasteiger partial charge in [-0.1, -0.05) is 17.7 Å². The molecule has 1 heterocycles. The van der Waals surface area contributed by atoms with E-state index in [0.29, 0.717) is 17.3 Å². The summed E-state index contributed by atoms with van der Waals surface area (Å²) in [6, 6.07) is 5.88. The van der Waals surface area contributed by atoms with Crippen molar-refractivity contribution in [2.75, 3.05) is 6.54 Å². The minimum atomic E-state index is -0.555. The highest BCUT2D eigenvalue weighted by Crippen LogP contribution is 2.27. The number of halogens is 1. The van der Waals surface area contributed by atoms with Crippen molar-refractivity contribution in [3.8, 4) is 5.75 Å². The van der Waals surface area contributed by atoms with E-state index in [1.165, 1.54) is 0 Å². The first-order valence-electron chi connectivity index (χ1n) is 7.37. The molecule has 1 fully saturated rings. The molecule has 1 saturated heterocycles. The van der Waals surface area contributed by atoms with E-state index >= 15 is 0 Å². The van der Waals surface area contributed by atoms with Gasteiger partial charge in [-0.2, -0.15) is 0 Å². The lowest BCUT2D eigenvalue weighted by molar-refractivity contribution is -0.141. The number of nitrogens with zero attached hydrogens (tertiary/aromatic N) is 1. The SMILES string of the molecule is Cc1ccc(Cl)c(O[C@H](C)C(=O)N2CC[C@@H](N)C[C@H]2C)c1. The van der Waals surface area contributed by atoms with E-state index in [4.69, 9.17) is 22.1 Å². The van der Waals surface area contributed by atoms with Crippen LogP contribution in [-0.2, 0) is 4.79 Å². The van der Waals surface area contributed by atoms with Gasteiger partial charge in [0, 0.05) is 18.6 Å². The first-order valence-corrected chi connectivity index (χ1v) is 7.75. The molecule has 0 saturated carbocycles. The molecular weight excluding hydrogens is 288 g/mol. The highest BCUT2D eigenvalue weighted by Gasteiger charge is 2.30. The molecule has 0 radical (unpaired) electrons. The third kappa shape index (κ3) is 3.89. The molecule has 1 aromatic carbocycles. The zero-order chi connectivity index (χ0) is 15.6. The van der Waals surface area contributed by atoms with E-state index < -0.39 is 6.10 Å². The number of carbonyl (C=O) groups excluding carboxylic acids is 1.